The van der Waals surface area contributed by atoms with Crippen LogP contribution in [0.2, 0.25) is 0 Å². The van der Waals surface area contributed by atoms with Crippen LogP contribution >= 0.6 is 0 Å². The first-order valence-corrected chi connectivity index (χ1v) is 11.3. The van der Waals surface area contributed by atoms with Gasteiger partial charge < -0.3 is 15.3 Å². The molecule has 198 valence electrons. The van der Waals surface area contributed by atoms with E-state index in [1.54, 1.807) is 4.90 Å². The highest BCUT2D eigenvalue weighted by Gasteiger charge is 2.37. The molecule has 4 aromatic rings. The zero-order chi connectivity index (χ0) is 27.1. The van der Waals surface area contributed by atoms with Crippen LogP contribution in [0.1, 0.15) is 24.0 Å². The number of nitrogens with one attached hydrogen (secondary N) is 1. The molecule has 1 atom stereocenters. The Morgan fingerprint density at radius 2 is 1.76 bits per heavy atom. The van der Waals surface area contributed by atoms with Gasteiger partial charge in [-0.2, -0.15) is 26.3 Å². The summed E-state index contributed by atoms with van der Waals surface area (Å²) >= 11 is 0. The van der Waals surface area contributed by atoms with Gasteiger partial charge in [0.2, 0.25) is 0 Å². The Morgan fingerprint density at radius 3 is 2.45 bits per heavy atom. The van der Waals surface area contributed by atoms with Gasteiger partial charge >= 0.3 is 12.4 Å². The van der Waals surface area contributed by atoms with Gasteiger partial charge in [0.25, 0.3) is 0 Å². The molecule has 5 heterocycles. The average Bonchev–Trinajstić information content (AvgIpc) is 2.87. The topological polar surface area (TPSA) is 113 Å². The fraction of sp³-hybridized carbons (Fsp3) is 0.304. The minimum absolute atomic E-state index is 0.0118. The molecule has 1 saturated heterocycles. The van der Waals surface area contributed by atoms with Crippen LogP contribution in [-0.2, 0) is 12.4 Å². The molecular formula is C23H18F6N8O. The molecule has 15 heteroatoms. The number of aliphatic hydroxyl groups excluding tert-OH is 1. The number of β-amino-alcohol motifs (C(OH)–C–C–N with tert-alkyl or cyclic N) is 1. The maximum Gasteiger partial charge on any atom is 0.418 e. The van der Waals surface area contributed by atoms with Gasteiger partial charge in [-0.05, 0) is 37.1 Å². The van der Waals surface area contributed by atoms with E-state index in [0.29, 0.717) is 25.6 Å². The number of aliphatic hydroxyl groups is 1. The second-order valence-corrected chi connectivity index (χ2v) is 8.55. The first-order chi connectivity index (χ1) is 18.0. The lowest BCUT2D eigenvalue weighted by Gasteiger charge is -2.31. The Bertz CT molecular complexity index is 1460. The molecule has 1 fully saturated rings. The quantitative estimate of drug-likeness (QED) is 0.361. The number of fused-ring (bicyclic) bond motifs is 1. The molecule has 0 aliphatic carbocycles. The average molecular weight is 536 g/mol. The molecule has 1 aliphatic rings. The molecule has 0 aromatic carbocycles. The molecule has 38 heavy (non-hydrogen) atoms. The maximum atomic E-state index is 14.0. The molecule has 0 spiro atoms. The Morgan fingerprint density at radius 1 is 0.947 bits per heavy atom. The molecule has 0 bridgehead atoms. The van der Waals surface area contributed by atoms with E-state index in [0.717, 1.165) is 24.4 Å². The lowest BCUT2D eigenvalue weighted by Crippen LogP contribution is -2.39. The molecule has 5 rings (SSSR count). The molecule has 2 N–H and O–H groups in total. The highest BCUT2D eigenvalue weighted by atomic mass is 19.4. The summed E-state index contributed by atoms with van der Waals surface area (Å²) in [5.74, 6) is 0.0715. The minimum atomic E-state index is -4.78. The lowest BCUT2D eigenvalue weighted by atomic mass is 10.1. The molecule has 1 unspecified atom stereocenters. The van der Waals surface area contributed by atoms with Crippen molar-refractivity contribution < 1.29 is 31.4 Å². The summed E-state index contributed by atoms with van der Waals surface area (Å²) in [5, 5.41) is 20.4. The molecule has 0 radical (unpaired) electrons. The van der Waals surface area contributed by atoms with Gasteiger partial charge in [-0.15, -0.1) is 10.2 Å². The van der Waals surface area contributed by atoms with Gasteiger partial charge in [0, 0.05) is 25.5 Å². The predicted octanol–water partition coefficient (Wildman–Crippen LogP) is 4.62. The largest absolute Gasteiger partial charge is 0.418 e. The second-order valence-electron chi connectivity index (χ2n) is 8.55. The van der Waals surface area contributed by atoms with Crippen molar-refractivity contribution in [3.8, 4) is 11.4 Å². The molecule has 0 amide bonds. The van der Waals surface area contributed by atoms with E-state index in [4.69, 9.17) is 0 Å². The summed E-state index contributed by atoms with van der Waals surface area (Å²) < 4.78 is 80.3. The van der Waals surface area contributed by atoms with E-state index < -0.39 is 35.3 Å². The number of piperidine rings is 1. The number of aromatic nitrogens is 6. The van der Waals surface area contributed by atoms with Gasteiger partial charge in [0.15, 0.2) is 11.5 Å². The van der Waals surface area contributed by atoms with E-state index in [2.05, 4.69) is 35.5 Å². The first-order valence-electron chi connectivity index (χ1n) is 11.3. The van der Waals surface area contributed by atoms with Crippen molar-refractivity contribution in [3.63, 3.8) is 0 Å². The third-order valence-electron chi connectivity index (χ3n) is 5.85. The van der Waals surface area contributed by atoms with Crippen molar-refractivity contribution in [1.29, 1.82) is 0 Å². The Labute approximate surface area is 210 Å². The number of alkyl halides is 6. The van der Waals surface area contributed by atoms with Gasteiger partial charge in [-0.1, -0.05) is 0 Å². The number of pyridine rings is 2. The number of hydrogen-bond donors (Lipinski definition) is 2. The van der Waals surface area contributed by atoms with Gasteiger partial charge in [-0.25, -0.2) is 19.9 Å². The summed E-state index contributed by atoms with van der Waals surface area (Å²) in [6, 6.07) is 4.33. The summed E-state index contributed by atoms with van der Waals surface area (Å²) in [4.78, 5) is 17.7. The third-order valence-corrected chi connectivity index (χ3v) is 5.85. The van der Waals surface area contributed by atoms with Crippen molar-refractivity contribution in [3.05, 3.63) is 54.0 Å². The Hall–Kier alpha value is -4.14. The predicted molar refractivity (Wildman–Crippen MR) is 123 cm³/mol. The number of rotatable bonds is 4. The SMILES string of the molecule is OC1CCCN(c2cc(C(F)(F)F)c(-c3cnc4c(Nc5ccc(C(F)(F)F)cn5)ccnc4n3)nn2)C1. The van der Waals surface area contributed by atoms with E-state index in [1.165, 1.54) is 12.3 Å². The number of halogens is 6. The van der Waals surface area contributed by atoms with Crippen molar-refractivity contribution in [2.45, 2.75) is 31.3 Å². The summed E-state index contributed by atoms with van der Waals surface area (Å²) in [6.45, 7) is 0.584. The summed E-state index contributed by atoms with van der Waals surface area (Å²) in [6.07, 6.45) is -5.77. The normalized spacial score (nSPS) is 16.6. The smallest absolute Gasteiger partial charge is 0.391 e. The van der Waals surface area contributed by atoms with E-state index in [9.17, 15) is 31.4 Å². The van der Waals surface area contributed by atoms with Crippen LogP contribution in [0.4, 0.5) is 43.7 Å². The van der Waals surface area contributed by atoms with Crippen LogP contribution in [0.25, 0.3) is 22.6 Å². The molecule has 0 saturated carbocycles. The zero-order valence-electron chi connectivity index (χ0n) is 19.3. The fourth-order valence-electron chi connectivity index (χ4n) is 4.01. The van der Waals surface area contributed by atoms with Crippen molar-refractivity contribution in [2.24, 2.45) is 0 Å². The van der Waals surface area contributed by atoms with Crippen LogP contribution in [0, 0.1) is 0 Å². The highest BCUT2D eigenvalue weighted by molar-refractivity contribution is 5.87. The van der Waals surface area contributed by atoms with E-state index in [1.807, 2.05) is 0 Å². The minimum Gasteiger partial charge on any atom is -0.391 e. The Balaban J connectivity index is 1.48. The number of nitrogens with zero attached hydrogens (tertiary/aromatic N) is 7. The van der Waals surface area contributed by atoms with Crippen LogP contribution < -0.4 is 10.2 Å². The second kappa shape index (κ2) is 9.63. The van der Waals surface area contributed by atoms with Gasteiger partial charge in [0.1, 0.15) is 22.7 Å². The molecule has 4 aromatic heterocycles. The van der Waals surface area contributed by atoms with Crippen LogP contribution in [0.15, 0.2) is 42.9 Å². The standard InChI is InChI=1S/C23H18F6N8O/c24-22(25,26)12-3-4-17(31-9-12)33-15-5-6-30-21-20(15)32-10-16(34-21)19-14(23(27,28)29)8-18(35-36-19)37-7-1-2-13(38)11-37/h3-6,8-10,13,38H,1-2,7,11H2,(H,30,31,33,34). The maximum absolute atomic E-state index is 14.0. The monoisotopic (exact) mass is 536 g/mol. The van der Waals surface area contributed by atoms with Gasteiger partial charge in [0.05, 0.1) is 29.1 Å². The third kappa shape index (κ3) is 5.27. The van der Waals surface area contributed by atoms with Crippen molar-refractivity contribution in [1.82, 2.24) is 30.1 Å². The highest BCUT2D eigenvalue weighted by Crippen LogP contribution is 2.37. The van der Waals surface area contributed by atoms with E-state index >= 15 is 0 Å². The zero-order valence-corrected chi connectivity index (χ0v) is 19.3. The Kier molecular flexibility index (Phi) is 6.46. The van der Waals surface area contributed by atoms with Crippen LogP contribution in [0.5, 0.6) is 0 Å². The van der Waals surface area contributed by atoms with E-state index in [-0.39, 0.29) is 40.7 Å². The van der Waals surface area contributed by atoms with Crippen LogP contribution in [0.3, 0.4) is 0 Å². The summed E-state index contributed by atoms with van der Waals surface area (Å²) in [7, 11) is 0. The number of anilines is 3. The van der Waals surface area contributed by atoms with Crippen molar-refractivity contribution >= 4 is 28.5 Å². The molecule has 9 nitrogen and oxygen atoms in total. The van der Waals surface area contributed by atoms with Crippen molar-refractivity contribution in [2.75, 3.05) is 23.3 Å². The molecular weight excluding hydrogens is 518 g/mol. The van der Waals surface area contributed by atoms with Crippen LogP contribution in [-0.4, -0.2) is 54.4 Å². The lowest BCUT2D eigenvalue weighted by molar-refractivity contribution is -0.138. The van der Waals surface area contributed by atoms with Gasteiger partial charge in [-0.3, -0.25) is 0 Å². The molecule has 1 aliphatic heterocycles. The summed E-state index contributed by atoms with van der Waals surface area (Å²) in [5.41, 5.74) is -2.35. The fourth-order valence-corrected chi connectivity index (χ4v) is 4.01. The number of hydrogen-bond acceptors (Lipinski definition) is 9. The first kappa shape index (κ1) is 25.5.